The van der Waals surface area contributed by atoms with Crippen molar-refractivity contribution < 1.29 is 4.39 Å². The molecule has 1 atom stereocenters. The van der Waals surface area contributed by atoms with Gasteiger partial charge in [0.1, 0.15) is 5.82 Å². The van der Waals surface area contributed by atoms with Crippen molar-refractivity contribution in [1.29, 1.82) is 0 Å². The fourth-order valence-corrected chi connectivity index (χ4v) is 1.40. The van der Waals surface area contributed by atoms with Crippen LogP contribution in [0.1, 0.15) is 37.3 Å². The number of benzene rings is 1. The van der Waals surface area contributed by atoms with E-state index in [-0.39, 0.29) is 11.7 Å². The third kappa shape index (κ3) is 2.60. The lowest BCUT2D eigenvalue weighted by Gasteiger charge is -2.09. The third-order valence-corrected chi connectivity index (χ3v) is 2.27. The lowest BCUT2D eigenvalue weighted by atomic mass is 9.96. The van der Waals surface area contributed by atoms with E-state index in [4.69, 9.17) is 0 Å². The first-order valence-electron chi connectivity index (χ1n) is 4.80. The lowest BCUT2D eigenvalue weighted by Crippen LogP contribution is -1.96. The molecule has 74 valence electrons. The van der Waals surface area contributed by atoms with Crippen molar-refractivity contribution in [1.82, 2.24) is 0 Å². The molecule has 1 aromatic rings. The highest BCUT2D eigenvalue weighted by molar-refractivity contribution is 5.27. The van der Waals surface area contributed by atoms with Gasteiger partial charge in [-0.3, -0.25) is 0 Å². The van der Waals surface area contributed by atoms with Gasteiger partial charge in [-0.2, -0.15) is 0 Å². The monoisotopic (exact) mass is 190 g/mol. The van der Waals surface area contributed by atoms with Gasteiger partial charge in [0.15, 0.2) is 0 Å². The molecule has 1 heteroatoms. The molecule has 0 aliphatic heterocycles. The molecular formula is C13H15F. The molecule has 0 N–H and O–H groups in total. The highest BCUT2D eigenvalue weighted by atomic mass is 19.1. The molecule has 1 rings (SSSR count). The van der Waals surface area contributed by atoms with Crippen LogP contribution < -0.4 is 0 Å². The Bertz CT molecular complexity index is 369. The Balaban J connectivity index is 2.88. The van der Waals surface area contributed by atoms with Crippen LogP contribution in [0.3, 0.4) is 0 Å². The van der Waals surface area contributed by atoms with Gasteiger partial charge in [0.25, 0.3) is 0 Å². The lowest BCUT2D eigenvalue weighted by molar-refractivity contribution is 0.590. The topological polar surface area (TPSA) is 0 Å². The summed E-state index contributed by atoms with van der Waals surface area (Å²) in [6.45, 7) is 5.69. The van der Waals surface area contributed by atoms with Crippen molar-refractivity contribution in [2.45, 2.75) is 33.1 Å². The largest absolute Gasteiger partial charge is 0.207 e. The Labute approximate surface area is 85.2 Å². The number of hydrogen-bond acceptors (Lipinski definition) is 0. The van der Waals surface area contributed by atoms with E-state index in [9.17, 15) is 4.39 Å². The van der Waals surface area contributed by atoms with E-state index in [1.54, 1.807) is 13.0 Å². The van der Waals surface area contributed by atoms with Crippen molar-refractivity contribution in [3.8, 4) is 11.8 Å². The molecule has 0 saturated carbocycles. The van der Waals surface area contributed by atoms with E-state index in [2.05, 4.69) is 11.8 Å². The summed E-state index contributed by atoms with van der Waals surface area (Å²) in [5.74, 6) is 5.85. The standard InChI is InChI=1S/C13H15F/c1-4-5-6-11(3)12-8-7-10(2)9-13(12)14/h7-9,11H,6H2,1-3H3. The van der Waals surface area contributed by atoms with Crippen molar-refractivity contribution in [3.63, 3.8) is 0 Å². The predicted molar refractivity (Wildman–Crippen MR) is 57.6 cm³/mol. The molecule has 0 amide bonds. The number of halogens is 1. The predicted octanol–water partition coefficient (Wildman–Crippen LogP) is 3.65. The summed E-state index contributed by atoms with van der Waals surface area (Å²) in [6, 6.07) is 5.37. The normalized spacial score (nSPS) is 11.7. The second kappa shape index (κ2) is 4.81. The molecule has 0 nitrogen and oxygen atoms in total. The first-order valence-corrected chi connectivity index (χ1v) is 4.80. The van der Waals surface area contributed by atoms with Crippen LogP contribution in [0.15, 0.2) is 18.2 Å². The molecule has 0 bridgehead atoms. The van der Waals surface area contributed by atoms with Crippen LogP contribution >= 0.6 is 0 Å². The molecule has 1 unspecified atom stereocenters. The first-order chi connectivity index (χ1) is 6.65. The quantitative estimate of drug-likeness (QED) is 0.624. The summed E-state index contributed by atoms with van der Waals surface area (Å²) in [5, 5.41) is 0. The maximum atomic E-state index is 13.5. The minimum absolute atomic E-state index is 0.115. The number of hydrogen-bond donors (Lipinski definition) is 0. The van der Waals surface area contributed by atoms with Gasteiger partial charge in [0.05, 0.1) is 0 Å². The van der Waals surface area contributed by atoms with Crippen molar-refractivity contribution in [3.05, 3.63) is 35.1 Å². The average molecular weight is 190 g/mol. The van der Waals surface area contributed by atoms with Gasteiger partial charge in [-0.15, -0.1) is 11.8 Å². The van der Waals surface area contributed by atoms with Gasteiger partial charge in [0, 0.05) is 6.42 Å². The van der Waals surface area contributed by atoms with E-state index >= 15 is 0 Å². The summed E-state index contributed by atoms with van der Waals surface area (Å²) in [7, 11) is 0. The zero-order chi connectivity index (χ0) is 10.6. The second-order valence-corrected chi connectivity index (χ2v) is 3.56. The average Bonchev–Trinajstić information content (AvgIpc) is 2.14. The summed E-state index contributed by atoms with van der Waals surface area (Å²) in [6.07, 6.45) is 0.719. The van der Waals surface area contributed by atoms with Crippen LogP contribution in [0, 0.1) is 24.6 Å². The van der Waals surface area contributed by atoms with Crippen LogP contribution in [0.25, 0.3) is 0 Å². The molecule has 0 aromatic heterocycles. The minimum atomic E-state index is -0.115. The second-order valence-electron chi connectivity index (χ2n) is 3.56. The Hall–Kier alpha value is -1.29. The molecule has 0 heterocycles. The zero-order valence-corrected chi connectivity index (χ0v) is 8.89. The molecule has 1 aromatic carbocycles. The molecule has 0 radical (unpaired) electrons. The van der Waals surface area contributed by atoms with Gasteiger partial charge in [-0.1, -0.05) is 19.1 Å². The third-order valence-electron chi connectivity index (χ3n) is 2.27. The number of rotatable bonds is 2. The smallest absolute Gasteiger partial charge is 0.126 e. The molecular weight excluding hydrogens is 175 g/mol. The highest BCUT2D eigenvalue weighted by Gasteiger charge is 2.09. The van der Waals surface area contributed by atoms with Crippen LogP contribution in [0.5, 0.6) is 0 Å². The zero-order valence-electron chi connectivity index (χ0n) is 8.89. The van der Waals surface area contributed by atoms with E-state index < -0.39 is 0 Å². The molecule has 0 spiro atoms. The fraction of sp³-hybridized carbons (Fsp3) is 0.385. The Morgan fingerprint density at radius 1 is 1.43 bits per heavy atom. The van der Waals surface area contributed by atoms with E-state index in [0.717, 1.165) is 17.5 Å². The van der Waals surface area contributed by atoms with Gasteiger partial charge in [-0.25, -0.2) is 4.39 Å². The Morgan fingerprint density at radius 3 is 2.71 bits per heavy atom. The molecule has 0 aliphatic rings. The Morgan fingerprint density at radius 2 is 2.14 bits per heavy atom. The first kappa shape index (κ1) is 10.8. The number of aryl methyl sites for hydroxylation is 1. The van der Waals surface area contributed by atoms with Crippen LogP contribution in [0.4, 0.5) is 4.39 Å². The molecule has 0 saturated heterocycles. The van der Waals surface area contributed by atoms with Crippen LogP contribution in [0.2, 0.25) is 0 Å². The van der Waals surface area contributed by atoms with Crippen LogP contribution in [-0.4, -0.2) is 0 Å². The van der Waals surface area contributed by atoms with Gasteiger partial charge < -0.3 is 0 Å². The summed E-state index contributed by atoms with van der Waals surface area (Å²) < 4.78 is 13.5. The van der Waals surface area contributed by atoms with E-state index in [1.807, 2.05) is 26.0 Å². The van der Waals surface area contributed by atoms with Crippen molar-refractivity contribution >= 4 is 0 Å². The van der Waals surface area contributed by atoms with E-state index in [0.29, 0.717) is 0 Å². The fourth-order valence-electron chi connectivity index (χ4n) is 1.40. The Kier molecular flexibility index (Phi) is 3.71. The van der Waals surface area contributed by atoms with Gasteiger partial charge in [0.2, 0.25) is 0 Å². The molecule has 0 fully saturated rings. The maximum Gasteiger partial charge on any atom is 0.126 e. The highest BCUT2D eigenvalue weighted by Crippen LogP contribution is 2.22. The minimum Gasteiger partial charge on any atom is -0.207 e. The summed E-state index contributed by atoms with van der Waals surface area (Å²) >= 11 is 0. The van der Waals surface area contributed by atoms with E-state index in [1.165, 1.54) is 0 Å². The van der Waals surface area contributed by atoms with Crippen molar-refractivity contribution in [2.75, 3.05) is 0 Å². The maximum absolute atomic E-state index is 13.5. The van der Waals surface area contributed by atoms with Crippen molar-refractivity contribution in [2.24, 2.45) is 0 Å². The van der Waals surface area contributed by atoms with Gasteiger partial charge in [-0.05, 0) is 37.0 Å². The van der Waals surface area contributed by atoms with Crippen LogP contribution in [-0.2, 0) is 0 Å². The SMILES string of the molecule is CC#CCC(C)c1ccc(C)cc1F. The summed E-state index contributed by atoms with van der Waals surface area (Å²) in [4.78, 5) is 0. The van der Waals surface area contributed by atoms with Gasteiger partial charge >= 0.3 is 0 Å². The molecule has 0 aliphatic carbocycles. The summed E-state index contributed by atoms with van der Waals surface area (Å²) in [5.41, 5.74) is 1.72. The molecule has 14 heavy (non-hydrogen) atoms.